The van der Waals surface area contributed by atoms with Gasteiger partial charge in [-0.05, 0) is 65.8 Å². The number of hydrogen-bond acceptors (Lipinski definition) is 5. The summed E-state index contributed by atoms with van der Waals surface area (Å²) in [6.07, 6.45) is 0.627. The molecule has 208 valence electrons. The van der Waals surface area contributed by atoms with Crippen LogP contribution in [0.25, 0.3) is 11.3 Å². The van der Waals surface area contributed by atoms with Gasteiger partial charge in [0.05, 0.1) is 10.7 Å². The van der Waals surface area contributed by atoms with Crippen molar-refractivity contribution >= 4 is 17.2 Å². The lowest BCUT2D eigenvalue weighted by molar-refractivity contribution is -0.154. The number of amides is 1. The van der Waals surface area contributed by atoms with Gasteiger partial charge in [0.1, 0.15) is 5.56 Å². The van der Waals surface area contributed by atoms with Gasteiger partial charge >= 0.3 is 6.18 Å². The van der Waals surface area contributed by atoms with E-state index in [-0.39, 0.29) is 34.1 Å². The predicted molar refractivity (Wildman–Crippen MR) is 147 cm³/mol. The molecule has 1 aliphatic heterocycles. The number of pyridine rings is 1. The van der Waals surface area contributed by atoms with E-state index in [4.69, 9.17) is 9.72 Å². The molecule has 1 fully saturated rings. The lowest BCUT2D eigenvalue weighted by atomic mass is 9.63. The van der Waals surface area contributed by atoms with E-state index in [1.54, 1.807) is 16.2 Å². The summed E-state index contributed by atoms with van der Waals surface area (Å²) in [5, 5.41) is 3.18. The van der Waals surface area contributed by atoms with Crippen LogP contribution in [0.2, 0.25) is 0 Å². The Labute approximate surface area is 231 Å². The minimum Gasteiger partial charge on any atom is -0.467 e. The Morgan fingerprint density at radius 2 is 1.77 bits per heavy atom. The molecule has 1 saturated heterocycles. The van der Waals surface area contributed by atoms with Crippen molar-refractivity contribution in [1.29, 1.82) is 0 Å². The molecule has 0 saturated carbocycles. The van der Waals surface area contributed by atoms with E-state index < -0.39 is 12.8 Å². The normalized spacial score (nSPS) is 19.0. The van der Waals surface area contributed by atoms with Crippen LogP contribution in [-0.2, 0) is 10.8 Å². The van der Waals surface area contributed by atoms with E-state index in [0.717, 1.165) is 35.5 Å². The number of likely N-dealkylation sites (tertiary alicyclic amines) is 1. The van der Waals surface area contributed by atoms with E-state index in [2.05, 4.69) is 56.3 Å². The molecule has 1 aliphatic carbocycles. The van der Waals surface area contributed by atoms with Gasteiger partial charge < -0.3 is 9.64 Å². The molecule has 1 amide bonds. The van der Waals surface area contributed by atoms with E-state index in [9.17, 15) is 18.0 Å². The average molecular weight is 558 g/mol. The second-order valence-corrected chi connectivity index (χ2v) is 12.8. The smallest absolute Gasteiger partial charge is 0.422 e. The summed E-state index contributed by atoms with van der Waals surface area (Å²) >= 11 is 1.65. The van der Waals surface area contributed by atoms with Crippen LogP contribution >= 0.6 is 11.3 Å². The summed E-state index contributed by atoms with van der Waals surface area (Å²) in [5.41, 5.74) is 5.31. The Bertz CT molecular complexity index is 1360. The molecule has 0 radical (unpaired) electrons. The molecule has 2 aliphatic rings. The number of benzene rings is 1. The molecular weight excluding hydrogens is 523 g/mol. The van der Waals surface area contributed by atoms with Crippen LogP contribution in [0.15, 0.2) is 41.9 Å². The predicted octanol–water partition coefficient (Wildman–Crippen LogP) is 7.52. The number of halogens is 3. The summed E-state index contributed by atoms with van der Waals surface area (Å²) in [6, 6.07) is 9.78. The number of ether oxygens (including phenoxy) is 1. The van der Waals surface area contributed by atoms with Crippen LogP contribution in [0, 0.1) is 0 Å². The van der Waals surface area contributed by atoms with Gasteiger partial charge in [0.15, 0.2) is 6.61 Å². The van der Waals surface area contributed by atoms with Crippen molar-refractivity contribution in [1.82, 2.24) is 14.9 Å². The SMILES string of the molecule is CC1(C)CCC(C)(C)c2cc(-c3csc(C4CCN(C(=O)c5cccnc5OCC(F)(F)F)CC4)n3)ccc21. The number of thiazole rings is 1. The van der Waals surface area contributed by atoms with Crippen molar-refractivity contribution < 1.29 is 22.7 Å². The molecule has 3 aromatic rings. The number of carbonyl (C=O) groups excluding carboxylic acids is 1. The van der Waals surface area contributed by atoms with Crippen molar-refractivity contribution in [2.45, 2.75) is 76.3 Å². The highest BCUT2D eigenvalue weighted by atomic mass is 32.1. The Kier molecular flexibility index (Phi) is 7.24. The van der Waals surface area contributed by atoms with Crippen LogP contribution in [0.5, 0.6) is 5.88 Å². The fourth-order valence-electron chi connectivity index (χ4n) is 5.67. The van der Waals surface area contributed by atoms with E-state index >= 15 is 0 Å². The lowest BCUT2D eigenvalue weighted by Gasteiger charge is -2.42. The van der Waals surface area contributed by atoms with Crippen molar-refractivity contribution in [3.8, 4) is 17.1 Å². The first-order chi connectivity index (χ1) is 18.3. The van der Waals surface area contributed by atoms with E-state index in [0.29, 0.717) is 13.1 Å². The minimum absolute atomic E-state index is 0.0512. The number of nitrogens with zero attached hydrogens (tertiary/aromatic N) is 3. The molecule has 9 heteroatoms. The Morgan fingerprint density at radius 1 is 1.08 bits per heavy atom. The average Bonchev–Trinajstić information content (AvgIpc) is 3.40. The number of fused-ring (bicyclic) bond motifs is 1. The third-order valence-electron chi connectivity index (χ3n) is 8.18. The first-order valence-corrected chi connectivity index (χ1v) is 14.3. The second-order valence-electron chi connectivity index (χ2n) is 11.9. The molecule has 0 spiro atoms. The number of alkyl halides is 3. The van der Waals surface area contributed by atoms with Crippen LogP contribution in [0.4, 0.5) is 13.2 Å². The van der Waals surface area contributed by atoms with Crippen LogP contribution in [-0.4, -0.2) is 46.6 Å². The highest BCUT2D eigenvalue weighted by Gasteiger charge is 2.37. The monoisotopic (exact) mass is 557 g/mol. The molecule has 5 rings (SSSR count). The zero-order valence-electron chi connectivity index (χ0n) is 22.8. The third-order valence-corrected chi connectivity index (χ3v) is 9.18. The molecule has 0 unspecified atom stereocenters. The highest BCUT2D eigenvalue weighted by molar-refractivity contribution is 7.10. The number of hydrogen-bond donors (Lipinski definition) is 0. The molecule has 3 heterocycles. The van der Waals surface area contributed by atoms with Gasteiger partial charge in [-0.2, -0.15) is 13.2 Å². The fraction of sp³-hybridized carbons (Fsp3) is 0.500. The van der Waals surface area contributed by atoms with Crippen molar-refractivity contribution in [2.75, 3.05) is 19.7 Å². The summed E-state index contributed by atoms with van der Waals surface area (Å²) in [4.78, 5) is 23.6. The number of piperidine rings is 1. The van der Waals surface area contributed by atoms with Gasteiger partial charge in [0, 0.05) is 36.1 Å². The minimum atomic E-state index is -4.51. The Balaban J connectivity index is 1.26. The molecular formula is C30H34F3N3O2S. The summed E-state index contributed by atoms with van der Waals surface area (Å²) < 4.78 is 42.7. The zero-order valence-corrected chi connectivity index (χ0v) is 23.6. The number of rotatable bonds is 5. The van der Waals surface area contributed by atoms with Crippen LogP contribution in [0.3, 0.4) is 0 Å². The van der Waals surface area contributed by atoms with Gasteiger partial charge in [-0.3, -0.25) is 4.79 Å². The molecule has 0 atom stereocenters. The standard InChI is InChI=1S/C30H34F3N3O2S/c1-28(2)11-12-29(3,4)23-16-20(7-8-22(23)28)24-17-39-26(35-24)19-9-14-36(15-10-19)27(37)21-6-5-13-34-25(21)38-18-30(31,32)33/h5-8,13,16-17,19H,9-12,14-15,18H2,1-4H3. The maximum atomic E-state index is 13.1. The highest BCUT2D eigenvalue weighted by Crippen LogP contribution is 2.47. The lowest BCUT2D eigenvalue weighted by Crippen LogP contribution is -2.38. The van der Waals surface area contributed by atoms with Gasteiger partial charge in [0.2, 0.25) is 5.88 Å². The molecule has 0 bridgehead atoms. The Morgan fingerprint density at radius 3 is 2.46 bits per heavy atom. The van der Waals surface area contributed by atoms with Gasteiger partial charge in [-0.1, -0.05) is 39.8 Å². The topological polar surface area (TPSA) is 55.3 Å². The fourth-order valence-corrected chi connectivity index (χ4v) is 6.67. The quantitative estimate of drug-likeness (QED) is 0.326. The van der Waals surface area contributed by atoms with E-state index in [1.807, 2.05) is 0 Å². The molecule has 2 aromatic heterocycles. The molecule has 39 heavy (non-hydrogen) atoms. The molecule has 5 nitrogen and oxygen atoms in total. The maximum absolute atomic E-state index is 13.1. The summed E-state index contributed by atoms with van der Waals surface area (Å²) in [6.45, 7) is 8.79. The molecule has 0 N–H and O–H groups in total. The second kappa shape index (κ2) is 10.2. The van der Waals surface area contributed by atoms with Gasteiger partial charge in [0.25, 0.3) is 5.91 Å². The van der Waals surface area contributed by atoms with Crippen LogP contribution < -0.4 is 4.74 Å². The number of carbonyl (C=O) groups is 1. The van der Waals surface area contributed by atoms with Crippen LogP contribution in [0.1, 0.15) is 85.8 Å². The van der Waals surface area contributed by atoms with E-state index in [1.165, 1.54) is 35.9 Å². The van der Waals surface area contributed by atoms with Gasteiger partial charge in [-0.15, -0.1) is 11.3 Å². The third kappa shape index (κ3) is 5.83. The summed E-state index contributed by atoms with van der Waals surface area (Å²) in [7, 11) is 0. The Hall–Kier alpha value is -2.94. The van der Waals surface area contributed by atoms with Crippen molar-refractivity contribution in [3.63, 3.8) is 0 Å². The maximum Gasteiger partial charge on any atom is 0.422 e. The largest absolute Gasteiger partial charge is 0.467 e. The number of aromatic nitrogens is 2. The van der Waals surface area contributed by atoms with Crippen molar-refractivity contribution in [2.24, 2.45) is 0 Å². The first kappa shape index (κ1) is 27.6. The van der Waals surface area contributed by atoms with Gasteiger partial charge in [-0.25, -0.2) is 9.97 Å². The first-order valence-electron chi connectivity index (χ1n) is 13.4. The van der Waals surface area contributed by atoms with Crippen molar-refractivity contribution in [3.05, 3.63) is 63.6 Å². The zero-order chi connectivity index (χ0) is 28.0. The molecule has 1 aromatic carbocycles. The summed E-state index contributed by atoms with van der Waals surface area (Å²) in [5.74, 6) is -0.420.